The first-order valence-corrected chi connectivity index (χ1v) is 18.1. The molecule has 0 bridgehead atoms. The summed E-state index contributed by atoms with van der Waals surface area (Å²) in [7, 11) is 0. The molecule has 0 spiro atoms. The van der Waals surface area contributed by atoms with Crippen molar-refractivity contribution in [3.63, 3.8) is 0 Å². The van der Waals surface area contributed by atoms with E-state index in [9.17, 15) is 0 Å². The first-order chi connectivity index (χ1) is 27.8. The summed E-state index contributed by atoms with van der Waals surface area (Å²) < 4.78 is 4.39. The van der Waals surface area contributed by atoms with Crippen LogP contribution in [0.25, 0.3) is 93.6 Å². The zero-order chi connectivity index (χ0) is 36.7. The van der Waals surface area contributed by atoms with E-state index in [2.05, 4.69) is 96.5 Å². The van der Waals surface area contributed by atoms with Crippen LogP contribution in [0.3, 0.4) is 0 Å². The monoisotopic (exact) mass is 719 g/mol. The predicted octanol–water partition coefficient (Wildman–Crippen LogP) is 7.81. The zero-order valence-corrected chi connectivity index (χ0v) is 29.4. The van der Waals surface area contributed by atoms with Crippen molar-refractivity contribution in [3.05, 3.63) is 170 Å². The fourth-order valence-electron chi connectivity index (χ4n) is 8.38. The lowest BCUT2D eigenvalue weighted by atomic mass is 9.94. The summed E-state index contributed by atoms with van der Waals surface area (Å²) in [5.74, 6) is 0. The molecule has 4 aromatic carbocycles. The summed E-state index contributed by atoms with van der Waals surface area (Å²) in [6.45, 7) is 0. The number of hydrogen-bond donors (Lipinski definition) is 0. The molecule has 56 heavy (non-hydrogen) atoms. The smallest absolute Gasteiger partial charge is 0.165 e. The number of nitrogens with zero attached hydrogens (tertiary/aromatic N) is 11. The van der Waals surface area contributed by atoms with Crippen LogP contribution in [0.5, 0.6) is 0 Å². The molecule has 11 heteroatoms. The molecule has 0 aliphatic heterocycles. The molecule has 0 aliphatic carbocycles. The highest BCUT2D eigenvalue weighted by molar-refractivity contribution is 6.26. The summed E-state index contributed by atoms with van der Waals surface area (Å²) in [6, 6.07) is 29.7. The molecule has 8 aromatic heterocycles. The molecule has 260 valence electrons. The van der Waals surface area contributed by atoms with E-state index in [1.165, 1.54) is 0 Å². The topological polar surface area (TPSA) is 125 Å². The van der Waals surface area contributed by atoms with E-state index in [0.29, 0.717) is 33.7 Å². The number of fused-ring (bicyclic) bond motifs is 8. The number of rotatable bonds is 4. The van der Waals surface area contributed by atoms with E-state index in [0.717, 1.165) is 76.8 Å². The van der Waals surface area contributed by atoms with Crippen LogP contribution in [0, 0.1) is 0 Å². The predicted molar refractivity (Wildman–Crippen MR) is 217 cm³/mol. The van der Waals surface area contributed by atoms with Crippen LogP contribution in [0.15, 0.2) is 153 Å². The summed E-state index contributed by atoms with van der Waals surface area (Å²) in [4.78, 5) is 43.8. The van der Waals surface area contributed by atoms with Crippen molar-refractivity contribution < 1.29 is 0 Å². The summed E-state index contributed by atoms with van der Waals surface area (Å²) in [5.41, 5.74) is 11.2. The number of para-hydroxylation sites is 1. The fourth-order valence-corrected chi connectivity index (χ4v) is 8.38. The minimum Gasteiger partial charge on any atom is -0.276 e. The molecule has 12 rings (SSSR count). The minimum absolute atomic E-state index is 0.601. The third kappa shape index (κ3) is 4.24. The molecule has 0 atom stereocenters. The maximum atomic E-state index is 5.29. The van der Waals surface area contributed by atoms with Gasteiger partial charge in [-0.1, -0.05) is 72.8 Å². The molecule has 0 radical (unpaired) electrons. The minimum atomic E-state index is 0.601. The first kappa shape index (κ1) is 30.4. The average molecular weight is 720 g/mol. The molecule has 0 amide bonds. The van der Waals surface area contributed by atoms with Gasteiger partial charge in [0.2, 0.25) is 0 Å². The van der Waals surface area contributed by atoms with Gasteiger partial charge in [0.1, 0.15) is 16.5 Å². The van der Waals surface area contributed by atoms with Crippen LogP contribution in [0.1, 0.15) is 11.4 Å². The molecule has 0 aliphatic rings. The lowest BCUT2D eigenvalue weighted by Gasteiger charge is -2.10. The first-order valence-electron chi connectivity index (χ1n) is 18.1. The Morgan fingerprint density at radius 1 is 0.446 bits per heavy atom. The second kappa shape index (κ2) is 11.7. The normalized spacial score (nSPS) is 11.9. The lowest BCUT2D eigenvalue weighted by Crippen LogP contribution is -2.26. The van der Waals surface area contributed by atoms with Crippen LogP contribution >= 0.6 is 0 Å². The third-order valence-corrected chi connectivity index (χ3v) is 10.6. The van der Waals surface area contributed by atoms with Gasteiger partial charge in [0.25, 0.3) is 0 Å². The van der Waals surface area contributed by atoms with Crippen LogP contribution in [-0.4, -0.2) is 53.7 Å². The Balaban J connectivity index is 1.42. The van der Waals surface area contributed by atoms with Crippen molar-refractivity contribution in [2.24, 2.45) is 0 Å². The maximum Gasteiger partial charge on any atom is 0.165 e. The van der Waals surface area contributed by atoms with Gasteiger partial charge >= 0.3 is 0 Å². The van der Waals surface area contributed by atoms with E-state index in [1.807, 2.05) is 18.3 Å². The van der Waals surface area contributed by atoms with E-state index < -0.39 is 0 Å². The summed E-state index contributed by atoms with van der Waals surface area (Å²) >= 11 is 0. The molecular weight excluding hydrogens is 695 g/mol. The quantitative estimate of drug-likeness (QED) is 0.179. The molecule has 0 N–H and O–H groups in total. The highest BCUT2D eigenvalue weighted by atomic mass is 15.1. The van der Waals surface area contributed by atoms with Crippen molar-refractivity contribution in [2.75, 3.05) is 0 Å². The van der Waals surface area contributed by atoms with E-state index in [1.54, 1.807) is 62.0 Å². The van der Waals surface area contributed by atoms with Crippen molar-refractivity contribution in [1.82, 2.24) is 53.7 Å². The summed E-state index contributed by atoms with van der Waals surface area (Å²) in [5, 5.41) is 6.27. The molecule has 0 saturated heterocycles. The Kier molecular flexibility index (Phi) is 6.37. The Labute approximate surface area is 316 Å². The molecular formula is C45H25N11. The van der Waals surface area contributed by atoms with Gasteiger partial charge in [0.15, 0.2) is 11.3 Å². The van der Waals surface area contributed by atoms with Gasteiger partial charge in [-0.05, 0) is 34.0 Å². The Bertz CT molecular complexity index is 3540. The van der Waals surface area contributed by atoms with Gasteiger partial charge in [-0.2, -0.15) is 0 Å². The van der Waals surface area contributed by atoms with Crippen LogP contribution in [-0.2, 0) is 0 Å². The zero-order valence-electron chi connectivity index (χ0n) is 29.4. The molecule has 8 heterocycles. The largest absolute Gasteiger partial charge is 0.276 e. The van der Waals surface area contributed by atoms with Gasteiger partial charge in [0, 0.05) is 76.7 Å². The Hall–Kier alpha value is -8.05. The van der Waals surface area contributed by atoms with Crippen molar-refractivity contribution in [2.45, 2.75) is 0 Å². The van der Waals surface area contributed by atoms with Gasteiger partial charge < -0.3 is 0 Å². The number of hydrogen-bond acceptors (Lipinski definition) is 9. The molecule has 0 unspecified atom stereocenters. The number of benzene rings is 4. The van der Waals surface area contributed by atoms with Crippen LogP contribution in [0.4, 0.5) is 0 Å². The molecule has 11 nitrogen and oxygen atoms in total. The van der Waals surface area contributed by atoms with Crippen LogP contribution in [0.2, 0.25) is 0 Å². The average Bonchev–Trinajstić information content (AvgIpc) is 3.75. The molecule has 0 saturated carbocycles. The van der Waals surface area contributed by atoms with Gasteiger partial charge in [-0.3, -0.25) is 38.7 Å². The van der Waals surface area contributed by atoms with Gasteiger partial charge in [0.05, 0.1) is 52.3 Å². The van der Waals surface area contributed by atoms with Crippen molar-refractivity contribution in [1.29, 1.82) is 0 Å². The Morgan fingerprint density at radius 2 is 1.12 bits per heavy atom. The second-order valence-corrected chi connectivity index (χ2v) is 13.6. The number of aromatic nitrogens is 11. The standard InChI is InChI=1S/C45H25N11/c1-2-7-28-26(5-1)6-3-8-29(28)30-11-12-32-31-9-4-10-33-39-43(53-25-34(54-39)27-13-15-46-16-14-27)55(41(31)33)45(56-42(32)37(30)40-44(56)52-22-21-51-40)38(35-23-47-17-19-49-35)36-24-48-18-20-50-36/h1-25H. The van der Waals surface area contributed by atoms with E-state index in [4.69, 9.17) is 29.9 Å². The van der Waals surface area contributed by atoms with E-state index in [-0.39, 0.29) is 0 Å². The third-order valence-electron chi connectivity index (χ3n) is 10.6. The highest BCUT2D eigenvalue weighted by Crippen LogP contribution is 2.42. The van der Waals surface area contributed by atoms with Crippen molar-refractivity contribution >= 4 is 71.3 Å². The fraction of sp³-hybridized carbons (Fsp3) is 0. The van der Waals surface area contributed by atoms with Gasteiger partial charge in [-0.15, -0.1) is 0 Å². The van der Waals surface area contributed by atoms with Crippen molar-refractivity contribution in [3.8, 4) is 22.4 Å². The second-order valence-electron chi connectivity index (χ2n) is 13.6. The highest BCUT2D eigenvalue weighted by Gasteiger charge is 2.26. The Morgan fingerprint density at radius 3 is 1.95 bits per heavy atom. The molecule has 0 fully saturated rings. The maximum absolute atomic E-state index is 5.29. The molecule has 12 aromatic rings. The van der Waals surface area contributed by atoms with E-state index >= 15 is 0 Å². The van der Waals surface area contributed by atoms with Crippen LogP contribution < -0.4 is 5.48 Å². The lowest BCUT2D eigenvalue weighted by molar-refractivity contribution is 0.984. The number of pyridine rings is 1. The SMILES string of the molecule is c1ccc2c(-c3ccc4c5cccc6c7nc(-c8ccncc8)cnc7n(c(=C(c7cnccn7)c7cnccn7)n7c8nccnc8c3c47)c56)cccc2c1. The van der Waals surface area contributed by atoms with Gasteiger partial charge in [-0.25, -0.2) is 15.0 Å². The summed E-state index contributed by atoms with van der Waals surface area (Å²) in [6.07, 6.45) is 19.1.